The predicted molar refractivity (Wildman–Crippen MR) is 88.9 cm³/mol. The first-order valence-electron chi connectivity index (χ1n) is 7.54. The van der Waals surface area contributed by atoms with Gasteiger partial charge in [-0.25, -0.2) is 8.42 Å². The number of hydrogen-bond donors (Lipinski definition) is 1. The Morgan fingerprint density at radius 3 is 1.76 bits per heavy atom. The summed E-state index contributed by atoms with van der Waals surface area (Å²) in [5.41, 5.74) is -0.365. The molecule has 1 atom stereocenters. The molecule has 0 unspecified atom stereocenters. The Labute approximate surface area is 131 Å². The van der Waals surface area contributed by atoms with Gasteiger partial charge in [-0.1, -0.05) is 20.8 Å². The maximum absolute atomic E-state index is 12.0. The minimum atomic E-state index is -3.25. The summed E-state index contributed by atoms with van der Waals surface area (Å²) in [4.78, 5) is 2.16. The van der Waals surface area contributed by atoms with Crippen molar-refractivity contribution in [1.82, 2.24) is 9.21 Å². The highest BCUT2D eigenvalue weighted by molar-refractivity contribution is 7.88. The van der Waals surface area contributed by atoms with E-state index in [2.05, 4.69) is 32.6 Å². The molecule has 0 bridgehead atoms. The maximum atomic E-state index is 12.0. The van der Waals surface area contributed by atoms with Crippen molar-refractivity contribution in [3.05, 3.63) is 0 Å². The Morgan fingerprint density at radius 2 is 1.48 bits per heavy atom. The summed E-state index contributed by atoms with van der Waals surface area (Å²) < 4.78 is 25.5. The summed E-state index contributed by atoms with van der Waals surface area (Å²) >= 11 is 0. The topological polar surface area (TPSA) is 60.9 Å². The fourth-order valence-electron chi connectivity index (χ4n) is 2.39. The molecule has 0 radical (unpaired) electrons. The average molecular weight is 323 g/mol. The van der Waals surface area contributed by atoms with E-state index in [1.807, 2.05) is 20.8 Å². The molecular weight excluding hydrogens is 288 g/mol. The lowest BCUT2D eigenvalue weighted by Gasteiger charge is -2.40. The molecule has 0 amide bonds. The van der Waals surface area contributed by atoms with Crippen molar-refractivity contribution in [2.45, 2.75) is 60.0 Å². The van der Waals surface area contributed by atoms with Crippen LogP contribution in [-0.4, -0.2) is 66.8 Å². The van der Waals surface area contributed by atoms with Crippen LogP contribution in [0.2, 0.25) is 0 Å². The molecule has 21 heavy (non-hydrogen) atoms. The van der Waals surface area contributed by atoms with Gasteiger partial charge >= 0.3 is 0 Å². The summed E-state index contributed by atoms with van der Waals surface area (Å²) in [6.45, 7) is 16.0. The fourth-order valence-corrected chi connectivity index (χ4v) is 3.80. The third-order valence-electron chi connectivity index (χ3n) is 3.93. The molecule has 5 nitrogen and oxygen atoms in total. The maximum Gasteiger partial charge on any atom is 0.211 e. The van der Waals surface area contributed by atoms with Gasteiger partial charge < -0.3 is 5.11 Å². The molecule has 0 aromatic rings. The lowest BCUT2D eigenvalue weighted by atomic mass is 9.87. The Hall–Kier alpha value is -0.170. The van der Waals surface area contributed by atoms with Crippen LogP contribution < -0.4 is 0 Å². The lowest BCUT2D eigenvalue weighted by molar-refractivity contribution is 0.0805. The van der Waals surface area contributed by atoms with Gasteiger partial charge in [0.2, 0.25) is 10.0 Å². The van der Waals surface area contributed by atoms with E-state index in [9.17, 15) is 13.5 Å². The van der Waals surface area contributed by atoms with Crippen molar-refractivity contribution < 1.29 is 13.5 Å². The zero-order chi connectivity index (χ0) is 17.1. The molecule has 1 N–H and O–H groups in total. The van der Waals surface area contributed by atoms with E-state index in [-0.39, 0.29) is 18.1 Å². The van der Waals surface area contributed by atoms with Crippen molar-refractivity contribution in [2.24, 2.45) is 5.41 Å². The van der Waals surface area contributed by atoms with Gasteiger partial charge in [-0.05, 0) is 33.1 Å². The van der Waals surface area contributed by atoms with Crippen molar-refractivity contribution in [1.29, 1.82) is 0 Å². The van der Waals surface area contributed by atoms with Gasteiger partial charge in [0.25, 0.3) is 0 Å². The van der Waals surface area contributed by atoms with Crippen molar-refractivity contribution in [3.8, 4) is 0 Å². The Bertz CT molecular complexity index is 408. The van der Waals surface area contributed by atoms with Crippen LogP contribution in [0.1, 0.15) is 48.5 Å². The molecule has 0 saturated heterocycles. The van der Waals surface area contributed by atoms with E-state index in [1.54, 1.807) is 0 Å². The normalized spacial score (nSPS) is 15.8. The van der Waals surface area contributed by atoms with Crippen molar-refractivity contribution in [2.75, 3.05) is 32.5 Å². The fraction of sp³-hybridized carbons (Fsp3) is 1.00. The lowest BCUT2D eigenvalue weighted by Crippen LogP contribution is -2.51. The number of nitrogens with zero attached hydrogens (tertiary/aromatic N) is 2. The highest BCUT2D eigenvalue weighted by Gasteiger charge is 2.31. The van der Waals surface area contributed by atoms with Crippen molar-refractivity contribution in [3.63, 3.8) is 0 Å². The smallest absolute Gasteiger partial charge is 0.211 e. The number of aliphatic hydroxyl groups excluding tert-OH is 1. The Balaban J connectivity index is 5.04. The minimum absolute atomic E-state index is 0.0762. The van der Waals surface area contributed by atoms with E-state index < -0.39 is 15.6 Å². The van der Waals surface area contributed by atoms with Crippen LogP contribution >= 0.6 is 0 Å². The average Bonchev–Trinajstić information content (AvgIpc) is 2.21. The molecular formula is C15H34N2O3S. The second-order valence-electron chi connectivity index (χ2n) is 7.81. The van der Waals surface area contributed by atoms with Gasteiger partial charge in [-0.3, -0.25) is 4.90 Å². The van der Waals surface area contributed by atoms with E-state index in [1.165, 1.54) is 10.6 Å². The third kappa shape index (κ3) is 7.08. The summed E-state index contributed by atoms with van der Waals surface area (Å²) in [6.07, 6.45) is 1.25. The van der Waals surface area contributed by atoms with Gasteiger partial charge in [-0.15, -0.1) is 0 Å². The highest BCUT2D eigenvalue weighted by Crippen LogP contribution is 2.24. The second kappa shape index (κ2) is 7.40. The standard InChI is InChI=1S/C15H34N2O3S/c1-13(14(2,3)4)16(11-12-18)9-10-17(15(5,6)7)21(8,19)20/h13,18H,9-12H2,1-8H3/t13-/m1/s1. The molecule has 0 rings (SSSR count). The molecule has 128 valence electrons. The second-order valence-corrected chi connectivity index (χ2v) is 9.71. The first-order chi connectivity index (χ1) is 9.21. The van der Waals surface area contributed by atoms with Crippen LogP contribution in [0.5, 0.6) is 0 Å². The van der Waals surface area contributed by atoms with Gasteiger partial charge in [0.05, 0.1) is 12.9 Å². The summed E-state index contributed by atoms with van der Waals surface area (Å²) in [5.74, 6) is 0. The molecule has 0 aliphatic carbocycles. The third-order valence-corrected chi connectivity index (χ3v) is 5.46. The molecule has 0 spiro atoms. The zero-order valence-electron chi connectivity index (χ0n) is 15.0. The van der Waals surface area contributed by atoms with Crippen LogP contribution in [0, 0.1) is 5.41 Å². The number of rotatable bonds is 7. The van der Waals surface area contributed by atoms with Crippen molar-refractivity contribution >= 4 is 10.0 Å². The van der Waals surface area contributed by atoms with E-state index in [4.69, 9.17) is 0 Å². The summed E-state index contributed by atoms with van der Waals surface area (Å²) in [7, 11) is -3.25. The number of sulfonamides is 1. The molecule has 0 saturated carbocycles. The Kier molecular flexibility index (Phi) is 7.34. The van der Waals surface area contributed by atoms with Crippen LogP contribution in [0.25, 0.3) is 0 Å². The van der Waals surface area contributed by atoms with E-state index in [0.29, 0.717) is 19.6 Å². The SMILES string of the molecule is C[C@@H](N(CCO)CCN(C(C)(C)C)S(C)(=O)=O)C(C)(C)C. The molecule has 6 heteroatoms. The first-order valence-corrected chi connectivity index (χ1v) is 9.39. The molecule has 0 aromatic carbocycles. The predicted octanol–water partition coefficient (Wildman–Crippen LogP) is 1.78. The molecule has 0 heterocycles. The summed E-state index contributed by atoms with van der Waals surface area (Å²) in [6, 6.07) is 0.256. The Morgan fingerprint density at radius 1 is 1.00 bits per heavy atom. The number of hydrogen-bond acceptors (Lipinski definition) is 4. The van der Waals surface area contributed by atoms with Crippen LogP contribution in [0.15, 0.2) is 0 Å². The molecule has 0 fully saturated rings. The summed E-state index contributed by atoms with van der Waals surface area (Å²) in [5, 5.41) is 9.26. The minimum Gasteiger partial charge on any atom is -0.395 e. The first kappa shape index (κ1) is 20.8. The van der Waals surface area contributed by atoms with Gasteiger partial charge in [0, 0.05) is 31.2 Å². The monoisotopic (exact) mass is 322 g/mol. The molecule has 0 aliphatic heterocycles. The molecule has 0 aliphatic rings. The van der Waals surface area contributed by atoms with Crippen LogP contribution in [0.3, 0.4) is 0 Å². The largest absolute Gasteiger partial charge is 0.395 e. The van der Waals surface area contributed by atoms with E-state index >= 15 is 0 Å². The zero-order valence-corrected chi connectivity index (χ0v) is 15.8. The molecule has 0 aromatic heterocycles. The van der Waals surface area contributed by atoms with Crippen LogP contribution in [0.4, 0.5) is 0 Å². The van der Waals surface area contributed by atoms with Gasteiger partial charge in [0.15, 0.2) is 0 Å². The van der Waals surface area contributed by atoms with Gasteiger partial charge in [-0.2, -0.15) is 4.31 Å². The van der Waals surface area contributed by atoms with E-state index in [0.717, 1.165) is 0 Å². The number of aliphatic hydroxyl groups is 1. The van der Waals surface area contributed by atoms with Crippen LogP contribution in [-0.2, 0) is 10.0 Å². The highest BCUT2D eigenvalue weighted by atomic mass is 32.2. The van der Waals surface area contributed by atoms with Gasteiger partial charge in [0.1, 0.15) is 0 Å². The quantitative estimate of drug-likeness (QED) is 0.776.